The number of rotatable bonds is 6. The number of hydrogen-bond acceptors (Lipinski definition) is 4. The van der Waals surface area contributed by atoms with Crippen LogP contribution in [-0.4, -0.2) is 44.7 Å². The van der Waals surface area contributed by atoms with Crippen LogP contribution in [0.25, 0.3) is 0 Å². The van der Waals surface area contributed by atoms with Crippen LogP contribution in [0.5, 0.6) is 5.75 Å². The quantitative estimate of drug-likeness (QED) is 0.794. The molecule has 1 aliphatic rings. The van der Waals surface area contributed by atoms with Gasteiger partial charge in [0.25, 0.3) is 0 Å². The molecule has 1 aromatic carbocycles. The summed E-state index contributed by atoms with van der Waals surface area (Å²) in [4.78, 5) is 0. The fourth-order valence-corrected chi connectivity index (χ4v) is 2.14. The molecule has 0 spiro atoms. The van der Waals surface area contributed by atoms with E-state index in [1.54, 1.807) is 0 Å². The summed E-state index contributed by atoms with van der Waals surface area (Å²) in [6, 6.07) is 7.75. The molecule has 20 heavy (non-hydrogen) atoms. The van der Waals surface area contributed by atoms with Crippen molar-refractivity contribution in [2.75, 3.05) is 26.4 Å². The van der Waals surface area contributed by atoms with E-state index in [2.05, 4.69) is 15.9 Å². The second-order valence-corrected chi connectivity index (χ2v) is 5.98. The first kappa shape index (κ1) is 15.8. The summed E-state index contributed by atoms with van der Waals surface area (Å²) >= 11 is 3.40. The van der Waals surface area contributed by atoms with Crippen LogP contribution in [0.1, 0.15) is 13.8 Å². The van der Waals surface area contributed by atoms with E-state index in [9.17, 15) is 0 Å². The predicted molar refractivity (Wildman–Crippen MR) is 80.2 cm³/mol. The fourth-order valence-electron chi connectivity index (χ4n) is 1.88. The Bertz CT molecular complexity index is 393. The molecule has 1 aliphatic heterocycles. The van der Waals surface area contributed by atoms with Gasteiger partial charge in [-0.2, -0.15) is 0 Å². The third-order valence-corrected chi connectivity index (χ3v) is 3.39. The number of benzene rings is 1. The first-order valence-corrected chi connectivity index (χ1v) is 7.66. The first-order chi connectivity index (χ1) is 9.63. The van der Waals surface area contributed by atoms with Gasteiger partial charge in [-0.3, -0.25) is 0 Å². The summed E-state index contributed by atoms with van der Waals surface area (Å²) in [6.45, 7) is 6.22. The minimum absolute atomic E-state index is 0.00957. The molecule has 0 aromatic heterocycles. The maximum absolute atomic E-state index is 5.90. The third-order valence-electron chi connectivity index (χ3n) is 2.86. The second-order valence-electron chi connectivity index (χ2n) is 5.06. The number of ether oxygens (including phenoxy) is 4. The maximum Gasteiger partial charge on any atom is 0.119 e. The van der Waals surface area contributed by atoms with Crippen molar-refractivity contribution in [1.29, 1.82) is 0 Å². The molecule has 0 N–H and O–H groups in total. The van der Waals surface area contributed by atoms with Crippen LogP contribution in [0.2, 0.25) is 0 Å². The molecule has 0 amide bonds. The molecule has 1 heterocycles. The van der Waals surface area contributed by atoms with E-state index in [-0.39, 0.29) is 18.3 Å². The number of halogens is 1. The Labute approximate surface area is 128 Å². The standard InChI is InChI=1S/C15H21BrO4/c1-11(2)18-9-14-7-17-8-15(20-14)10-19-13-5-3-12(16)4-6-13/h3-6,11,14-15H,7-10H2,1-2H3/t14?,15-/m0/s1. The summed E-state index contributed by atoms with van der Waals surface area (Å²) in [5.41, 5.74) is 0. The van der Waals surface area contributed by atoms with Crippen LogP contribution in [0.3, 0.4) is 0 Å². The molecule has 5 heteroatoms. The molecule has 0 aliphatic carbocycles. The van der Waals surface area contributed by atoms with Gasteiger partial charge in [0.2, 0.25) is 0 Å². The predicted octanol–water partition coefficient (Wildman–Crippen LogP) is 3.04. The van der Waals surface area contributed by atoms with Gasteiger partial charge in [0.15, 0.2) is 0 Å². The fraction of sp³-hybridized carbons (Fsp3) is 0.600. The molecular formula is C15H21BrO4. The van der Waals surface area contributed by atoms with Crippen molar-refractivity contribution in [1.82, 2.24) is 0 Å². The van der Waals surface area contributed by atoms with Crippen LogP contribution in [-0.2, 0) is 14.2 Å². The van der Waals surface area contributed by atoms with E-state index in [0.717, 1.165) is 10.2 Å². The van der Waals surface area contributed by atoms with Gasteiger partial charge in [0.05, 0.1) is 25.9 Å². The van der Waals surface area contributed by atoms with Gasteiger partial charge in [0, 0.05) is 4.47 Å². The van der Waals surface area contributed by atoms with Crippen molar-refractivity contribution in [3.05, 3.63) is 28.7 Å². The minimum Gasteiger partial charge on any atom is -0.491 e. The van der Waals surface area contributed by atoms with Gasteiger partial charge < -0.3 is 18.9 Å². The van der Waals surface area contributed by atoms with Crippen LogP contribution < -0.4 is 4.74 Å². The molecule has 1 aromatic rings. The van der Waals surface area contributed by atoms with Crippen LogP contribution in [0, 0.1) is 0 Å². The van der Waals surface area contributed by atoms with Gasteiger partial charge in [-0.15, -0.1) is 0 Å². The van der Waals surface area contributed by atoms with Crippen molar-refractivity contribution in [2.45, 2.75) is 32.2 Å². The highest BCUT2D eigenvalue weighted by Crippen LogP contribution is 2.17. The van der Waals surface area contributed by atoms with Gasteiger partial charge in [-0.1, -0.05) is 15.9 Å². The molecule has 0 bridgehead atoms. The lowest BCUT2D eigenvalue weighted by molar-refractivity contribution is -0.169. The Morgan fingerprint density at radius 1 is 1.15 bits per heavy atom. The zero-order valence-corrected chi connectivity index (χ0v) is 13.5. The van der Waals surface area contributed by atoms with Crippen LogP contribution in [0.4, 0.5) is 0 Å². The SMILES string of the molecule is CC(C)OCC1COC[C@@H](COc2ccc(Br)cc2)O1. The summed E-state index contributed by atoms with van der Waals surface area (Å²) in [7, 11) is 0. The zero-order chi connectivity index (χ0) is 14.4. The summed E-state index contributed by atoms with van der Waals surface area (Å²) in [5, 5.41) is 0. The molecule has 2 rings (SSSR count). The highest BCUT2D eigenvalue weighted by Gasteiger charge is 2.24. The molecule has 112 valence electrons. The van der Waals surface area contributed by atoms with E-state index < -0.39 is 0 Å². The summed E-state index contributed by atoms with van der Waals surface area (Å²) in [5.74, 6) is 0.831. The maximum atomic E-state index is 5.90. The van der Waals surface area contributed by atoms with E-state index >= 15 is 0 Å². The van der Waals surface area contributed by atoms with Crippen molar-refractivity contribution in [2.24, 2.45) is 0 Å². The average Bonchev–Trinajstić information content (AvgIpc) is 2.45. The van der Waals surface area contributed by atoms with Crippen molar-refractivity contribution >= 4 is 15.9 Å². The largest absolute Gasteiger partial charge is 0.491 e. The highest BCUT2D eigenvalue weighted by atomic mass is 79.9. The monoisotopic (exact) mass is 344 g/mol. The lowest BCUT2D eigenvalue weighted by Gasteiger charge is -2.30. The number of hydrogen-bond donors (Lipinski definition) is 0. The molecule has 0 radical (unpaired) electrons. The Morgan fingerprint density at radius 3 is 2.45 bits per heavy atom. The van der Waals surface area contributed by atoms with Gasteiger partial charge in [-0.25, -0.2) is 0 Å². The average molecular weight is 345 g/mol. The lowest BCUT2D eigenvalue weighted by atomic mass is 10.3. The Balaban J connectivity index is 1.73. The Kier molecular flexibility index (Phi) is 6.29. The minimum atomic E-state index is -0.0480. The lowest BCUT2D eigenvalue weighted by Crippen LogP contribution is -2.42. The van der Waals surface area contributed by atoms with E-state index in [1.165, 1.54) is 0 Å². The normalized spacial score (nSPS) is 23.0. The van der Waals surface area contributed by atoms with Crippen LogP contribution in [0.15, 0.2) is 28.7 Å². The highest BCUT2D eigenvalue weighted by molar-refractivity contribution is 9.10. The van der Waals surface area contributed by atoms with E-state index in [4.69, 9.17) is 18.9 Å². The zero-order valence-electron chi connectivity index (χ0n) is 11.9. The Hall–Kier alpha value is -0.620. The summed E-state index contributed by atoms with van der Waals surface area (Å²) in [6.07, 6.45) is 0.149. The first-order valence-electron chi connectivity index (χ1n) is 6.86. The third kappa shape index (κ3) is 5.40. The van der Waals surface area contributed by atoms with E-state index in [1.807, 2.05) is 38.1 Å². The van der Waals surface area contributed by atoms with Gasteiger partial charge in [-0.05, 0) is 38.1 Å². The smallest absolute Gasteiger partial charge is 0.119 e. The van der Waals surface area contributed by atoms with Crippen molar-refractivity contribution in [3.63, 3.8) is 0 Å². The second kappa shape index (κ2) is 7.98. The van der Waals surface area contributed by atoms with Gasteiger partial charge in [0.1, 0.15) is 24.6 Å². The van der Waals surface area contributed by atoms with Crippen LogP contribution >= 0.6 is 15.9 Å². The Morgan fingerprint density at radius 2 is 1.80 bits per heavy atom. The van der Waals surface area contributed by atoms with Crippen molar-refractivity contribution < 1.29 is 18.9 Å². The molecule has 1 saturated heterocycles. The molecule has 4 nitrogen and oxygen atoms in total. The van der Waals surface area contributed by atoms with Gasteiger partial charge >= 0.3 is 0 Å². The molecule has 2 atom stereocenters. The topological polar surface area (TPSA) is 36.9 Å². The molecule has 1 unspecified atom stereocenters. The van der Waals surface area contributed by atoms with E-state index in [0.29, 0.717) is 26.4 Å². The molecule has 1 fully saturated rings. The molecule has 0 saturated carbocycles. The van der Waals surface area contributed by atoms with Crippen molar-refractivity contribution in [3.8, 4) is 5.75 Å². The summed E-state index contributed by atoms with van der Waals surface area (Å²) < 4.78 is 23.7. The molecular weight excluding hydrogens is 324 g/mol.